The van der Waals surface area contributed by atoms with Crippen LogP contribution >= 0.6 is 11.6 Å². The van der Waals surface area contributed by atoms with E-state index in [1.54, 1.807) is 28.1 Å². The number of rotatable bonds is 5. The number of aromatic nitrogens is 6. The van der Waals surface area contributed by atoms with Crippen LogP contribution in [0.15, 0.2) is 37.4 Å². The minimum Gasteiger partial charge on any atom is -0.408 e. The molecule has 0 atom stereocenters. The molecule has 3 aromatic rings. The number of benzene rings is 1. The lowest BCUT2D eigenvalue weighted by Crippen LogP contribution is -2.23. The van der Waals surface area contributed by atoms with Crippen molar-refractivity contribution in [3.05, 3.63) is 53.6 Å². The zero-order chi connectivity index (χ0) is 16.9. The summed E-state index contributed by atoms with van der Waals surface area (Å²) in [6, 6.07) is 3.61. The number of hydrogen-bond donors (Lipinski definition) is 1. The predicted molar refractivity (Wildman–Crippen MR) is 84.8 cm³/mol. The molecule has 0 bridgehead atoms. The fourth-order valence-electron chi connectivity index (χ4n) is 2.17. The standard InChI is InChI=1S/C14H14ClN7O2/c1-16-14(23)24-13-11(5-22-9-18-7-20-22)2-10(3-12(13)15)4-21-8-17-6-19-21/h2-3,6-9H,4-5H2,1H3,(H,16,23). The molecule has 1 amide bonds. The number of carbonyl (C=O) groups is 1. The molecule has 1 aromatic carbocycles. The molecule has 0 radical (unpaired) electrons. The fourth-order valence-corrected chi connectivity index (χ4v) is 2.47. The number of amides is 1. The van der Waals surface area contributed by atoms with Crippen LogP contribution in [0.25, 0.3) is 0 Å². The molecule has 0 aliphatic heterocycles. The minimum atomic E-state index is -0.597. The second-order valence-corrected chi connectivity index (χ2v) is 5.30. The Morgan fingerprint density at radius 1 is 1.17 bits per heavy atom. The van der Waals surface area contributed by atoms with E-state index in [0.717, 1.165) is 5.56 Å². The van der Waals surface area contributed by atoms with Crippen molar-refractivity contribution in [1.82, 2.24) is 34.8 Å². The van der Waals surface area contributed by atoms with Gasteiger partial charge in [0, 0.05) is 12.6 Å². The Hall–Kier alpha value is -2.94. The highest BCUT2D eigenvalue weighted by Gasteiger charge is 2.15. The lowest BCUT2D eigenvalue weighted by atomic mass is 10.1. The van der Waals surface area contributed by atoms with E-state index in [1.807, 2.05) is 6.07 Å². The van der Waals surface area contributed by atoms with Gasteiger partial charge in [-0.25, -0.2) is 24.1 Å². The topological polar surface area (TPSA) is 99.8 Å². The van der Waals surface area contributed by atoms with Gasteiger partial charge in [0.2, 0.25) is 0 Å². The molecule has 1 N–H and O–H groups in total. The number of carbonyl (C=O) groups excluding carboxylic acids is 1. The van der Waals surface area contributed by atoms with Gasteiger partial charge in [0.25, 0.3) is 0 Å². The van der Waals surface area contributed by atoms with Crippen LogP contribution < -0.4 is 10.1 Å². The summed E-state index contributed by atoms with van der Waals surface area (Å²) in [7, 11) is 1.48. The van der Waals surface area contributed by atoms with Crippen molar-refractivity contribution >= 4 is 17.7 Å². The Balaban J connectivity index is 1.95. The van der Waals surface area contributed by atoms with Crippen LogP contribution in [0.5, 0.6) is 5.75 Å². The minimum absolute atomic E-state index is 0.286. The van der Waals surface area contributed by atoms with E-state index < -0.39 is 6.09 Å². The summed E-state index contributed by atoms with van der Waals surface area (Å²) in [5, 5.41) is 10.9. The molecule has 0 unspecified atom stereocenters. The van der Waals surface area contributed by atoms with Gasteiger partial charge in [0.15, 0.2) is 5.75 Å². The Bertz CT molecular complexity index is 818. The van der Waals surface area contributed by atoms with Crippen molar-refractivity contribution < 1.29 is 9.53 Å². The lowest BCUT2D eigenvalue weighted by molar-refractivity contribution is 0.202. The highest BCUT2D eigenvalue weighted by atomic mass is 35.5. The lowest BCUT2D eigenvalue weighted by Gasteiger charge is -2.14. The highest BCUT2D eigenvalue weighted by Crippen LogP contribution is 2.31. The van der Waals surface area contributed by atoms with Crippen molar-refractivity contribution in [3.63, 3.8) is 0 Å². The third kappa shape index (κ3) is 3.69. The number of ether oxygens (including phenoxy) is 1. The van der Waals surface area contributed by atoms with Gasteiger partial charge in [-0.15, -0.1) is 0 Å². The first-order chi connectivity index (χ1) is 11.7. The van der Waals surface area contributed by atoms with Crippen LogP contribution in [-0.4, -0.2) is 42.7 Å². The summed E-state index contributed by atoms with van der Waals surface area (Å²) >= 11 is 6.32. The SMILES string of the molecule is CNC(=O)Oc1c(Cl)cc(Cn2cncn2)cc1Cn1cncn1. The molecule has 0 saturated heterocycles. The molecule has 2 heterocycles. The number of halogens is 1. The second-order valence-electron chi connectivity index (χ2n) is 4.89. The molecule has 9 nitrogen and oxygen atoms in total. The average molecular weight is 348 g/mol. The van der Waals surface area contributed by atoms with Crippen LogP contribution in [0.4, 0.5) is 4.79 Å². The predicted octanol–water partition coefficient (Wildman–Crippen LogP) is 1.34. The van der Waals surface area contributed by atoms with Crippen LogP contribution in [-0.2, 0) is 13.1 Å². The van der Waals surface area contributed by atoms with Crippen molar-refractivity contribution in [2.75, 3.05) is 7.05 Å². The molecular weight excluding hydrogens is 334 g/mol. The van der Waals surface area contributed by atoms with Gasteiger partial charge in [-0.1, -0.05) is 11.6 Å². The Kier molecular flexibility index (Phi) is 4.71. The largest absolute Gasteiger partial charge is 0.412 e. The van der Waals surface area contributed by atoms with Crippen LogP contribution in [0.2, 0.25) is 5.02 Å². The van der Waals surface area contributed by atoms with Gasteiger partial charge in [0.1, 0.15) is 25.3 Å². The molecule has 124 valence electrons. The molecule has 0 saturated carbocycles. The van der Waals surface area contributed by atoms with Crippen molar-refractivity contribution in [2.45, 2.75) is 13.1 Å². The Morgan fingerprint density at radius 2 is 1.83 bits per heavy atom. The first kappa shape index (κ1) is 15.9. The monoisotopic (exact) mass is 347 g/mol. The molecule has 24 heavy (non-hydrogen) atoms. The summed E-state index contributed by atoms with van der Waals surface area (Å²) in [6.45, 7) is 0.849. The normalized spacial score (nSPS) is 10.6. The number of nitrogens with zero attached hydrogens (tertiary/aromatic N) is 6. The third-order valence-electron chi connectivity index (χ3n) is 3.19. The van der Waals surface area contributed by atoms with E-state index >= 15 is 0 Å². The first-order valence-corrected chi connectivity index (χ1v) is 7.39. The van der Waals surface area contributed by atoms with E-state index in [1.165, 1.54) is 19.7 Å². The summed E-state index contributed by atoms with van der Waals surface area (Å²) in [5.41, 5.74) is 1.59. The second kappa shape index (κ2) is 7.09. The molecule has 2 aromatic heterocycles. The first-order valence-electron chi connectivity index (χ1n) is 7.01. The Labute approximate surface area is 142 Å². The maximum atomic E-state index is 11.6. The van der Waals surface area contributed by atoms with Gasteiger partial charge in [-0.05, 0) is 17.7 Å². The smallest absolute Gasteiger partial charge is 0.408 e. The summed E-state index contributed by atoms with van der Waals surface area (Å²) < 4.78 is 8.57. The molecule has 0 aliphatic rings. The van der Waals surface area contributed by atoms with E-state index in [9.17, 15) is 4.79 Å². The maximum Gasteiger partial charge on any atom is 0.412 e. The van der Waals surface area contributed by atoms with Crippen molar-refractivity contribution in [2.24, 2.45) is 0 Å². The summed E-state index contributed by atoms with van der Waals surface area (Å²) in [5.74, 6) is 0.286. The fraction of sp³-hybridized carbons (Fsp3) is 0.214. The zero-order valence-electron chi connectivity index (χ0n) is 12.8. The molecule has 0 aliphatic carbocycles. The maximum absolute atomic E-state index is 11.6. The quantitative estimate of drug-likeness (QED) is 0.747. The van der Waals surface area contributed by atoms with Crippen LogP contribution in [0.1, 0.15) is 11.1 Å². The van der Waals surface area contributed by atoms with Gasteiger partial charge in [-0.3, -0.25) is 0 Å². The summed E-state index contributed by atoms with van der Waals surface area (Å²) in [4.78, 5) is 19.4. The number of nitrogens with one attached hydrogen (secondary N) is 1. The molecular formula is C14H14ClN7O2. The van der Waals surface area contributed by atoms with E-state index in [4.69, 9.17) is 16.3 Å². The van der Waals surface area contributed by atoms with Crippen LogP contribution in [0.3, 0.4) is 0 Å². The van der Waals surface area contributed by atoms with E-state index in [2.05, 4.69) is 25.5 Å². The van der Waals surface area contributed by atoms with E-state index in [-0.39, 0.29) is 5.75 Å². The molecule has 0 fully saturated rings. The van der Waals surface area contributed by atoms with E-state index in [0.29, 0.717) is 23.7 Å². The molecule has 3 rings (SSSR count). The van der Waals surface area contributed by atoms with Gasteiger partial charge < -0.3 is 10.1 Å². The van der Waals surface area contributed by atoms with Gasteiger partial charge in [0.05, 0.1) is 18.1 Å². The molecule has 10 heteroatoms. The third-order valence-corrected chi connectivity index (χ3v) is 3.47. The van der Waals surface area contributed by atoms with Crippen LogP contribution in [0, 0.1) is 0 Å². The average Bonchev–Trinajstić information content (AvgIpc) is 3.24. The zero-order valence-corrected chi connectivity index (χ0v) is 13.5. The van der Waals surface area contributed by atoms with Gasteiger partial charge in [-0.2, -0.15) is 10.2 Å². The van der Waals surface area contributed by atoms with Crippen molar-refractivity contribution in [1.29, 1.82) is 0 Å². The van der Waals surface area contributed by atoms with Gasteiger partial charge >= 0.3 is 6.09 Å². The number of hydrogen-bond acceptors (Lipinski definition) is 6. The molecule has 0 spiro atoms. The highest BCUT2D eigenvalue weighted by molar-refractivity contribution is 6.32. The Morgan fingerprint density at radius 3 is 2.42 bits per heavy atom. The van der Waals surface area contributed by atoms with Crippen molar-refractivity contribution in [3.8, 4) is 5.75 Å². The summed E-state index contributed by atoms with van der Waals surface area (Å²) in [6.07, 6.45) is 5.48.